The minimum atomic E-state index is 0.354. The molecule has 2 rings (SSSR count). The molecule has 0 spiro atoms. The van der Waals surface area contributed by atoms with Gasteiger partial charge in [0.2, 0.25) is 0 Å². The van der Waals surface area contributed by atoms with E-state index in [1.54, 1.807) is 0 Å². The van der Waals surface area contributed by atoms with Crippen LogP contribution >= 0.6 is 0 Å². The second-order valence-corrected chi connectivity index (χ2v) is 6.18. The van der Waals surface area contributed by atoms with Gasteiger partial charge in [-0.15, -0.1) is 0 Å². The van der Waals surface area contributed by atoms with E-state index in [1.807, 2.05) is 0 Å². The van der Waals surface area contributed by atoms with Gasteiger partial charge in [0.05, 0.1) is 0 Å². The van der Waals surface area contributed by atoms with Crippen molar-refractivity contribution < 1.29 is 0 Å². The predicted octanol–water partition coefficient (Wildman–Crippen LogP) is 4.47. The Morgan fingerprint density at radius 1 is 0.545 bits per heavy atom. The summed E-state index contributed by atoms with van der Waals surface area (Å²) in [6.45, 7) is 8.93. The van der Waals surface area contributed by atoms with Crippen LogP contribution in [0.15, 0.2) is 60.7 Å². The van der Waals surface area contributed by atoms with Gasteiger partial charge in [0.25, 0.3) is 0 Å². The van der Waals surface area contributed by atoms with E-state index in [0.29, 0.717) is 24.2 Å². The lowest BCUT2D eigenvalue weighted by Crippen LogP contribution is -2.45. The van der Waals surface area contributed by atoms with Gasteiger partial charge in [0, 0.05) is 24.2 Å². The maximum absolute atomic E-state index is 3.69. The van der Waals surface area contributed by atoms with Crippen LogP contribution in [-0.4, -0.2) is 12.1 Å². The molecule has 2 aromatic carbocycles. The molecular formula is C20H28N2. The van der Waals surface area contributed by atoms with Crippen LogP contribution in [0, 0.1) is 0 Å². The molecule has 4 atom stereocenters. The van der Waals surface area contributed by atoms with Crippen molar-refractivity contribution >= 4 is 0 Å². The van der Waals surface area contributed by atoms with Crippen LogP contribution in [0.3, 0.4) is 0 Å². The number of rotatable bonds is 7. The summed E-state index contributed by atoms with van der Waals surface area (Å²) in [4.78, 5) is 0. The highest BCUT2D eigenvalue weighted by Gasteiger charge is 2.17. The smallest absolute Gasteiger partial charge is 0.0294 e. The summed E-state index contributed by atoms with van der Waals surface area (Å²) in [6, 6.07) is 22.7. The normalized spacial score (nSPS) is 16.7. The Morgan fingerprint density at radius 3 is 1.18 bits per heavy atom. The molecule has 0 unspecified atom stereocenters. The average molecular weight is 296 g/mol. The Labute approximate surface area is 135 Å². The van der Waals surface area contributed by atoms with Crippen LogP contribution in [0.25, 0.3) is 0 Å². The molecule has 2 heteroatoms. The third-order valence-corrected chi connectivity index (χ3v) is 4.37. The zero-order chi connectivity index (χ0) is 15.9. The third-order valence-electron chi connectivity index (χ3n) is 4.37. The number of benzene rings is 2. The van der Waals surface area contributed by atoms with E-state index in [0.717, 1.165) is 0 Å². The number of nitrogens with one attached hydrogen (secondary N) is 2. The fourth-order valence-corrected chi connectivity index (χ4v) is 2.75. The Hall–Kier alpha value is -1.64. The maximum Gasteiger partial charge on any atom is 0.0294 e. The van der Waals surface area contributed by atoms with E-state index in [4.69, 9.17) is 0 Å². The van der Waals surface area contributed by atoms with Gasteiger partial charge in [-0.2, -0.15) is 0 Å². The summed E-state index contributed by atoms with van der Waals surface area (Å²) >= 11 is 0. The second-order valence-electron chi connectivity index (χ2n) is 6.18. The molecule has 118 valence electrons. The lowest BCUT2D eigenvalue weighted by molar-refractivity contribution is 0.356. The molecular weight excluding hydrogens is 268 g/mol. The van der Waals surface area contributed by atoms with E-state index in [9.17, 15) is 0 Å². The molecule has 0 amide bonds. The van der Waals surface area contributed by atoms with Crippen molar-refractivity contribution in [3.05, 3.63) is 71.8 Å². The first-order valence-electron chi connectivity index (χ1n) is 8.20. The molecule has 0 aromatic heterocycles. The Kier molecular flexibility index (Phi) is 6.17. The molecule has 0 heterocycles. The first kappa shape index (κ1) is 16.7. The monoisotopic (exact) mass is 296 g/mol. The molecule has 2 nitrogen and oxygen atoms in total. The predicted molar refractivity (Wildman–Crippen MR) is 94.9 cm³/mol. The zero-order valence-electron chi connectivity index (χ0n) is 14.1. The van der Waals surface area contributed by atoms with Crippen molar-refractivity contribution in [3.63, 3.8) is 0 Å². The third kappa shape index (κ3) is 4.69. The molecule has 0 bridgehead atoms. The van der Waals surface area contributed by atoms with E-state index in [2.05, 4.69) is 99.0 Å². The standard InChI is InChI=1S/C20H28N2/c1-15(21-17(3)19-11-7-5-8-12-19)16(2)22-18(4)20-13-9-6-10-14-20/h5-18,21-22H,1-4H3/t15-,16+,17-,18-/m0/s1. The van der Waals surface area contributed by atoms with Crippen LogP contribution in [0.2, 0.25) is 0 Å². The highest BCUT2D eigenvalue weighted by molar-refractivity contribution is 5.19. The van der Waals surface area contributed by atoms with E-state index in [1.165, 1.54) is 11.1 Å². The zero-order valence-corrected chi connectivity index (χ0v) is 14.1. The van der Waals surface area contributed by atoms with Crippen molar-refractivity contribution in [1.29, 1.82) is 0 Å². The number of hydrogen-bond donors (Lipinski definition) is 2. The van der Waals surface area contributed by atoms with Gasteiger partial charge in [-0.05, 0) is 38.8 Å². The molecule has 0 aliphatic rings. The fourth-order valence-electron chi connectivity index (χ4n) is 2.75. The Morgan fingerprint density at radius 2 is 0.864 bits per heavy atom. The minimum absolute atomic E-state index is 0.354. The van der Waals surface area contributed by atoms with Gasteiger partial charge in [0.1, 0.15) is 0 Å². The van der Waals surface area contributed by atoms with Gasteiger partial charge in [-0.1, -0.05) is 60.7 Å². The summed E-state index contributed by atoms with van der Waals surface area (Å²) in [7, 11) is 0. The van der Waals surface area contributed by atoms with Gasteiger partial charge in [-0.25, -0.2) is 0 Å². The largest absolute Gasteiger partial charge is 0.306 e. The molecule has 22 heavy (non-hydrogen) atoms. The molecule has 0 fully saturated rings. The topological polar surface area (TPSA) is 24.1 Å². The first-order valence-corrected chi connectivity index (χ1v) is 8.20. The van der Waals surface area contributed by atoms with Gasteiger partial charge >= 0.3 is 0 Å². The highest BCUT2D eigenvalue weighted by Crippen LogP contribution is 2.15. The van der Waals surface area contributed by atoms with Crippen LogP contribution in [0.4, 0.5) is 0 Å². The highest BCUT2D eigenvalue weighted by atomic mass is 15.0. The SMILES string of the molecule is C[C@H](N[C@@H](C)[C@@H](C)N[C@@H](C)c1ccccc1)c1ccccc1. The number of hydrogen-bond acceptors (Lipinski definition) is 2. The first-order chi connectivity index (χ1) is 10.6. The molecule has 0 radical (unpaired) electrons. The quantitative estimate of drug-likeness (QED) is 0.788. The van der Waals surface area contributed by atoms with Gasteiger partial charge < -0.3 is 10.6 Å². The molecule has 2 aromatic rings. The van der Waals surface area contributed by atoms with Gasteiger partial charge in [0.15, 0.2) is 0 Å². The van der Waals surface area contributed by atoms with Crippen molar-refractivity contribution in [3.8, 4) is 0 Å². The van der Waals surface area contributed by atoms with Crippen molar-refractivity contribution in [2.24, 2.45) is 0 Å². The van der Waals surface area contributed by atoms with Crippen LogP contribution in [0.1, 0.15) is 50.9 Å². The van der Waals surface area contributed by atoms with Crippen LogP contribution < -0.4 is 10.6 Å². The van der Waals surface area contributed by atoms with E-state index >= 15 is 0 Å². The lowest BCUT2D eigenvalue weighted by Gasteiger charge is -2.29. The Balaban J connectivity index is 1.88. The van der Waals surface area contributed by atoms with Crippen LogP contribution in [0.5, 0.6) is 0 Å². The molecule has 0 aliphatic carbocycles. The fraction of sp³-hybridized carbons (Fsp3) is 0.400. The Bertz CT molecular complexity index is 487. The van der Waals surface area contributed by atoms with Crippen molar-refractivity contribution in [2.45, 2.75) is 51.9 Å². The minimum Gasteiger partial charge on any atom is -0.306 e. The molecule has 0 saturated heterocycles. The van der Waals surface area contributed by atoms with Crippen LogP contribution in [-0.2, 0) is 0 Å². The van der Waals surface area contributed by atoms with E-state index in [-0.39, 0.29) is 0 Å². The molecule has 0 aliphatic heterocycles. The summed E-state index contributed by atoms with van der Waals surface area (Å²) < 4.78 is 0. The molecule has 0 saturated carbocycles. The molecule has 2 N–H and O–H groups in total. The van der Waals surface area contributed by atoms with Gasteiger partial charge in [-0.3, -0.25) is 0 Å². The van der Waals surface area contributed by atoms with Crippen molar-refractivity contribution in [1.82, 2.24) is 10.6 Å². The lowest BCUT2D eigenvalue weighted by atomic mass is 10.0. The average Bonchev–Trinajstić information content (AvgIpc) is 2.56. The summed E-state index contributed by atoms with van der Waals surface area (Å²) in [5.41, 5.74) is 2.66. The summed E-state index contributed by atoms with van der Waals surface area (Å²) in [6.07, 6.45) is 0. The second kappa shape index (κ2) is 8.11. The maximum atomic E-state index is 3.69. The van der Waals surface area contributed by atoms with Crippen molar-refractivity contribution in [2.75, 3.05) is 0 Å². The summed E-state index contributed by atoms with van der Waals surface area (Å²) in [5, 5.41) is 7.38. The summed E-state index contributed by atoms with van der Waals surface area (Å²) in [5.74, 6) is 0. The van der Waals surface area contributed by atoms with E-state index < -0.39 is 0 Å².